The van der Waals surface area contributed by atoms with E-state index in [0.717, 1.165) is 18.8 Å². The molecule has 0 amide bonds. The van der Waals surface area contributed by atoms with Gasteiger partial charge in [0.2, 0.25) is 0 Å². The minimum absolute atomic E-state index is 0.485. The summed E-state index contributed by atoms with van der Waals surface area (Å²) in [4.78, 5) is 11.7. The van der Waals surface area contributed by atoms with Crippen LogP contribution in [0.3, 0.4) is 0 Å². The lowest BCUT2D eigenvalue weighted by atomic mass is 9.98. The standard InChI is InChI=1S/C16H21N5/c1-10-12(7-18-20(10)3)9-21-13-4-5-16(21)14-8-17-11(2)19-15(14)6-13/h7-8,13,16H,4-6,9H2,1-3H3/t13-,16+/m0/s1. The van der Waals surface area contributed by atoms with Crippen LogP contribution in [0, 0.1) is 13.8 Å². The van der Waals surface area contributed by atoms with Gasteiger partial charge in [0.15, 0.2) is 0 Å². The molecule has 0 N–H and O–H groups in total. The third-order valence-corrected chi connectivity index (χ3v) is 5.14. The van der Waals surface area contributed by atoms with Crippen molar-refractivity contribution >= 4 is 0 Å². The highest BCUT2D eigenvalue weighted by Gasteiger charge is 2.40. The monoisotopic (exact) mass is 283 g/mol. The Kier molecular flexibility index (Phi) is 2.85. The molecule has 2 aromatic heterocycles. The van der Waals surface area contributed by atoms with Crippen LogP contribution in [0.25, 0.3) is 0 Å². The first-order valence-corrected chi connectivity index (χ1v) is 7.69. The van der Waals surface area contributed by atoms with Gasteiger partial charge >= 0.3 is 0 Å². The van der Waals surface area contributed by atoms with Gasteiger partial charge in [0.25, 0.3) is 0 Å². The number of rotatable bonds is 2. The molecule has 2 atom stereocenters. The molecule has 2 aliphatic rings. The molecular formula is C16H21N5. The van der Waals surface area contributed by atoms with Gasteiger partial charge in [0, 0.05) is 55.1 Å². The molecule has 110 valence electrons. The molecule has 0 radical (unpaired) electrons. The number of hydrogen-bond acceptors (Lipinski definition) is 4. The molecule has 0 saturated carbocycles. The third kappa shape index (κ3) is 1.99. The molecule has 1 saturated heterocycles. The van der Waals surface area contributed by atoms with E-state index in [9.17, 15) is 0 Å². The van der Waals surface area contributed by atoms with Crippen molar-refractivity contribution in [2.45, 2.75) is 51.7 Å². The Labute approximate surface area is 125 Å². The van der Waals surface area contributed by atoms with E-state index < -0.39 is 0 Å². The van der Waals surface area contributed by atoms with Gasteiger partial charge in [-0.2, -0.15) is 5.10 Å². The summed E-state index contributed by atoms with van der Waals surface area (Å²) in [7, 11) is 2.01. The SMILES string of the molecule is Cc1ncc2c(n1)C[C@@H]1CC[C@H]2N1Cc1cnn(C)c1C. The first-order chi connectivity index (χ1) is 10.1. The second kappa shape index (κ2) is 4.63. The van der Waals surface area contributed by atoms with Gasteiger partial charge in [0.1, 0.15) is 5.82 Å². The van der Waals surface area contributed by atoms with Crippen molar-refractivity contribution in [3.63, 3.8) is 0 Å². The van der Waals surface area contributed by atoms with Crippen LogP contribution in [-0.2, 0) is 20.0 Å². The zero-order chi connectivity index (χ0) is 14.6. The minimum Gasteiger partial charge on any atom is -0.288 e. The fraction of sp³-hybridized carbons (Fsp3) is 0.562. The highest BCUT2D eigenvalue weighted by Crippen LogP contribution is 2.43. The van der Waals surface area contributed by atoms with Crippen LogP contribution in [0.1, 0.15) is 47.2 Å². The van der Waals surface area contributed by atoms with Crippen LogP contribution in [0.15, 0.2) is 12.4 Å². The highest BCUT2D eigenvalue weighted by molar-refractivity contribution is 5.29. The van der Waals surface area contributed by atoms with Crippen LogP contribution in [0.5, 0.6) is 0 Å². The molecule has 0 aromatic carbocycles. The normalized spacial score (nSPS) is 24.3. The number of nitrogens with zero attached hydrogens (tertiary/aromatic N) is 5. The quantitative estimate of drug-likeness (QED) is 0.846. The van der Waals surface area contributed by atoms with E-state index in [1.54, 1.807) is 0 Å². The highest BCUT2D eigenvalue weighted by atomic mass is 15.3. The van der Waals surface area contributed by atoms with Gasteiger partial charge in [-0.15, -0.1) is 0 Å². The van der Waals surface area contributed by atoms with Gasteiger partial charge in [-0.25, -0.2) is 9.97 Å². The predicted octanol–water partition coefficient (Wildman–Crippen LogP) is 2.09. The Morgan fingerprint density at radius 2 is 2.10 bits per heavy atom. The molecule has 2 aliphatic heterocycles. The Balaban J connectivity index is 1.66. The summed E-state index contributed by atoms with van der Waals surface area (Å²) in [6, 6.07) is 1.11. The lowest BCUT2D eigenvalue weighted by Gasteiger charge is -2.35. The third-order valence-electron chi connectivity index (χ3n) is 5.14. The zero-order valence-electron chi connectivity index (χ0n) is 12.9. The summed E-state index contributed by atoms with van der Waals surface area (Å²) in [5.74, 6) is 0.893. The molecule has 1 fully saturated rings. The second-order valence-electron chi connectivity index (χ2n) is 6.32. The summed E-state index contributed by atoms with van der Waals surface area (Å²) >= 11 is 0. The van der Waals surface area contributed by atoms with E-state index in [0.29, 0.717) is 12.1 Å². The topological polar surface area (TPSA) is 46.8 Å². The molecular weight excluding hydrogens is 262 g/mol. The van der Waals surface area contributed by atoms with Crippen LogP contribution in [0.2, 0.25) is 0 Å². The van der Waals surface area contributed by atoms with Crippen LogP contribution < -0.4 is 0 Å². The minimum atomic E-state index is 0.485. The van der Waals surface area contributed by atoms with Crippen molar-refractivity contribution in [1.82, 2.24) is 24.6 Å². The summed E-state index contributed by atoms with van der Waals surface area (Å²) < 4.78 is 1.96. The van der Waals surface area contributed by atoms with Crippen molar-refractivity contribution in [2.75, 3.05) is 0 Å². The molecule has 0 spiro atoms. The number of aryl methyl sites for hydroxylation is 2. The maximum Gasteiger partial charge on any atom is 0.125 e. The zero-order valence-corrected chi connectivity index (χ0v) is 12.9. The van der Waals surface area contributed by atoms with Gasteiger partial charge in [-0.3, -0.25) is 9.58 Å². The van der Waals surface area contributed by atoms with Crippen molar-refractivity contribution in [3.05, 3.63) is 40.7 Å². The molecule has 4 rings (SSSR count). The van der Waals surface area contributed by atoms with E-state index in [1.807, 2.05) is 31.0 Å². The van der Waals surface area contributed by atoms with Crippen molar-refractivity contribution in [1.29, 1.82) is 0 Å². The lowest BCUT2D eigenvalue weighted by Crippen LogP contribution is -2.37. The molecule has 5 heteroatoms. The molecule has 0 unspecified atom stereocenters. The first-order valence-electron chi connectivity index (χ1n) is 7.69. The molecule has 2 bridgehead atoms. The maximum absolute atomic E-state index is 4.66. The summed E-state index contributed by atoms with van der Waals surface area (Å²) in [6.07, 6.45) is 7.61. The maximum atomic E-state index is 4.66. The fourth-order valence-corrected chi connectivity index (χ4v) is 3.82. The number of fused-ring (bicyclic) bond motifs is 4. The Morgan fingerprint density at radius 1 is 1.24 bits per heavy atom. The number of hydrogen-bond donors (Lipinski definition) is 0. The van der Waals surface area contributed by atoms with Crippen LogP contribution >= 0.6 is 0 Å². The van der Waals surface area contributed by atoms with E-state index in [1.165, 1.54) is 35.4 Å². The first kappa shape index (κ1) is 13.0. The molecule has 5 nitrogen and oxygen atoms in total. The molecule has 0 aliphatic carbocycles. The summed E-state index contributed by atoms with van der Waals surface area (Å²) in [5.41, 5.74) is 5.22. The molecule has 4 heterocycles. The largest absolute Gasteiger partial charge is 0.288 e. The average Bonchev–Trinajstić information content (AvgIpc) is 2.92. The summed E-state index contributed by atoms with van der Waals surface area (Å²) in [5, 5.41) is 4.37. The van der Waals surface area contributed by atoms with Gasteiger partial charge < -0.3 is 0 Å². The van der Waals surface area contributed by atoms with Gasteiger partial charge in [-0.05, 0) is 26.7 Å². The Morgan fingerprint density at radius 3 is 2.86 bits per heavy atom. The van der Waals surface area contributed by atoms with Crippen molar-refractivity contribution in [2.24, 2.45) is 7.05 Å². The average molecular weight is 283 g/mol. The second-order valence-corrected chi connectivity index (χ2v) is 6.32. The summed E-state index contributed by atoms with van der Waals surface area (Å²) in [6.45, 7) is 5.12. The van der Waals surface area contributed by atoms with Crippen LogP contribution in [-0.4, -0.2) is 30.7 Å². The lowest BCUT2D eigenvalue weighted by molar-refractivity contribution is 0.165. The predicted molar refractivity (Wildman–Crippen MR) is 79.7 cm³/mol. The van der Waals surface area contributed by atoms with Crippen molar-refractivity contribution < 1.29 is 0 Å². The van der Waals surface area contributed by atoms with E-state index in [-0.39, 0.29) is 0 Å². The van der Waals surface area contributed by atoms with E-state index in [2.05, 4.69) is 26.9 Å². The molecule has 21 heavy (non-hydrogen) atoms. The molecule has 2 aromatic rings. The van der Waals surface area contributed by atoms with E-state index in [4.69, 9.17) is 0 Å². The van der Waals surface area contributed by atoms with Gasteiger partial charge in [-0.1, -0.05) is 0 Å². The Bertz CT molecular complexity index is 690. The fourth-order valence-electron chi connectivity index (χ4n) is 3.82. The van der Waals surface area contributed by atoms with Crippen molar-refractivity contribution in [3.8, 4) is 0 Å². The number of aromatic nitrogens is 4. The Hall–Kier alpha value is -1.75. The van der Waals surface area contributed by atoms with Gasteiger partial charge in [0.05, 0.1) is 11.9 Å². The van der Waals surface area contributed by atoms with E-state index >= 15 is 0 Å². The van der Waals surface area contributed by atoms with Crippen LogP contribution in [0.4, 0.5) is 0 Å². The smallest absolute Gasteiger partial charge is 0.125 e.